The van der Waals surface area contributed by atoms with Gasteiger partial charge in [-0.25, -0.2) is 18.0 Å². The van der Waals surface area contributed by atoms with Crippen molar-refractivity contribution in [3.63, 3.8) is 0 Å². The van der Waals surface area contributed by atoms with Crippen molar-refractivity contribution in [2.24, 2.45) is 0 Å². The number of hydrogen-bond donors (Lipinski definition) is 1. The van der Waals surface area contributed by atoms with E-state index in [1.807, 2.05) is 0 Å². The van der Waals surface area contributed by atoms with E-state index in [4.69, 9.17) is 0 Å². The molecule has 1 aliphatic heterocycles. The zero-order valence-corrected chi connectivity index (χ0v) is 16.6. The topological polar surface area (TPSA) is 69.7 Å². The largest absolute Gasteiger partial charge is 0.337 e. The van der Waals surface area contributed by atoms with Crippen LogP contribution < -0.4 is 5.32 Å². The Morgan fingerprint density at radius 2 is 1.73 bits per heavy atom. The molecule has 2 unspecified atom stereocenters. The van der Waals surface area contributed by atoms with Crippen molar-refractivity contribution in [2.45, 2.75) is 25.4 Å². The van der Waals surface area contributed by atoms with Crippen molar-refractivity contribution in [3.05, 3.63) is 71.0 Å². The minimum absolute atomic E-state index is 0.0581. The second kappa shape index (κ2) is 7.81. The molecule has 0 radical (unpaired) electrons. The van der Waals surface area contributed by atoms with Gasteiger partial charge < -0.3 is 10.2 Å². The fourth-order valence-corrected chi connectivity index (χ4v) is 3.27. The highest BCUT2D eigenvalue weighted by Crippen LogP contribution is 2.30. The van der Waals surface area contributed by atoms with Crippen LogP contribution in [0.5, 0.6) is 0 Å². The quantitative estimate of drug-likeness (QED) is 0.758. The van der Waals surface area contributed by atoms with Gasteiger partial charge in [-0.1, -0.05) is 18.2 Å². The monoisotopic (exact) mass is 419 g/mol. The van der Waals surface area contributed by atoms with Gasteiger partial charge >= 0.3 is 6.03 Å². The Hall–Kier alpha value is -3.36. The molecule has 6 nitrogen and oxygen atoms in total. The highest BCUT2D eigenvalue weighted by atomic mass is 19.2. The second-order valence-electron chi connectivity index (χ2n) is 7.31. The van der Waals surface area contributed by atoms with Crippen LogP contribution in [0.15, 0.2) is 42.5 Å². The Morgan fingerprint density at radius 1 is 1.10 bits per heavy atom. The number of nitrogens with one attached hydrogen (secondary N) is 1. The lowest BCUT2D eigenvalue weighted by Gasteiger charge is -2.27. The Kier molecular flexibility index (Phi) is 5.56. The zero-order valence-electron chi connectivity index (χ0n) is 16.6. The molecule has 2 atom stereocenters. The average Bonchev–Trinajstić information content (AvgIpc) is 2.93. The molecule has 1 saturated heterocycles. The number of imide groups is 1. The summed E-state index contributed by atoms with van der Waals surface area (Å²) in [4.78, 5) is 40.0. The molecule has 9 heteroatoms. The summed E-state index contributed by atoms with van der Waals surface area (Å²) >= 11 is 0. The number of carbonyl (C=O) groups is 3. The molecule has 30 heavy (non-hydrogen) atoms. The van der Waals surface area contributed by atoms with Gasteiger partial charge in [-0.3, -0.25) is 14.5 Å². The van der Waals surface area contributed by atoms with Gasteiger partial charge in [0.2, 0.25) is 5.91 Å². The van der Waals surface area contributed by atoms with Gasteiger partial charge in [-0.15, -0.1) is 0 Å². The van der Waals surface area contributed by atoms with Crippen molar-refractivity contribution >= 4 is 17.8 Å². The highest BCUT2D eigenvalue weighted by Gasteiger charge is 2.50. The average molecular weight is 419 g/mol. The van der Waals surface area contributed by atoms with Crippen LogP contribution >= 0.6 is 0 Å². The van der Waals surface area contributed by atoms with E-state index in [0.29, 0.717) is 5.56 Å². The Labute approximate surface area is 171 Å². The number of rotatable bonds is 5. The molecule has 1 aliphatic rings. The normalized spacial score (nSPS) is 19.6. The van der Waals surface area contributed by atoms with Crippen LogP contribution in [0, 0.1) is 17.5 Å². The summed E-state index contributed by atoms with van der Waals surface area (Å²) in [7, 11) is 1.50. The highest BCUT2D eigenvalue weighted by molar-refractivity contribution is 6.09. The molecule has 4 amide bonds. The SMILES string of the molecule is CC(c1ccc(F)cc1)N(C)C(=O)CN1C(=O)NC(C)(c2ccc(F)c(F)c2)C1=O. The molecule has 0 bridgehead atoms. The van der Waals surface area contributed by atoms with Gasteiger partial charge in [0.1, 0.15) is 17.9 Å². The number of carbonyl (C=O) groups excluding carboxylic acids is 3. The van der Waals surface area contributed by atoms with Gasteiger partial charge in [-0.2, -0.15) is 0 Å². The van der Waals surface area contributed by atoms with Crippen LogP contribution in [0.25, 0.3) is 0 Å². The number of hydrogen-bond acceptors (Lipinski definition) is 3. The predicted molar refractivity (Wildman–Crippen MR) is 102 cm³/mol. The molecule has 3 rings (SSSR count). The third-order valence-electron chi connectivity index (χ3n) is 5.39. The Balaban J connectivity index is 1.76. The molecule has 0 aromatic heterocycles. The number of nitrogens with zero attached hydrogens (tertiary/aromatic N) is 2. The zero-order chi connectivity index (χ0) is 22.2. The summed E-state index contributed by atoms with van der Waals surface area (Å²) in [6.07, 6.45) is 0. The molecular formula is C21H20F3N3O3. The summed E-state index contributed by atoms with van der Waals surface area (Å²) in [6, 6.07) is 7.27. The van der Waals surface area contributed by atoms with E-state index < -0.39 is 53.4 Å². The first-order valence-corrected chi connectivity index (χ1v) is 9.15. The lowest BCUT2D eigenvalue weighted by Crippen LogP contribution is -2.44. The van der Waals surface area contributed by atoms with Gasteiger partial charge in [0.25, 0.3) is 5.91 Å². The summed E-state index contributed by atoms with van der Waals surface area (Å²) in [6.45, 7) is 2.55. The number of urea groups is 1. The van der Waals surface area contributed by atoms with Crippen LogP contribution in [0.1, 0.15) is 31.0 Å². The maximum absolute atomic E-state index is 13.6. The molecule has 2 aromatic carbocycles. The standard InChI is InChI=1S/C21H20F3N3O3/c1-12(13-4-7-15(22)8-5-13)26(3)18(28)11-27-19(29)21(2,25-20(27)30)14-6-9-16(23)17(24)10-14/h4-10,12H,11H2,1-3H3,(H,25,30). The van der Waals surface area contributed by atoms with Crippen LogP contribution in [0.3, 0.4) is 0 Å². The van der Waals surface area contributed by atoms with Crippen molar-refractivity contribution in [1.29, 1.82) is 0 Å². The van der Waals surface area contributed by atoms with E-state index in [1.54, 1.807) is 6.92 Å². The van der Waals surface area contributed by atoms with Gasteiger partial charge in [0, 0.05) is 7.05 Å². The Morgan fingerprint density at radius 3 is 2.33 bits per heavy atom. The van der Waals surface area contributed by atoms with Gasteiger partial charge in [0.05, 0.1) is 6.04 Å². The number of halogens is 3. The fourth-order valence-electron chi connectivity index (χ4n) is 3.27. The van der Waals surface area contributed by atoms with E-state index in [9.17, 15) is 27.6 Å². The molecular weight excluding hydrogens is 399 g/mol. The molecule has 0 aliphatic carbocycles. The molecule has 2 aromatic rings. The van der Waals surface area contributed by atoms with Gasteiger partial charge in [-0.05, 0) is 49.2 Å². The van der Waals surface area contributed by atoms with E-state index in [1.165, 1.54) is 49.2 Å². The van der Waals surface area contributed by atoms with E-state index in [2.05, 4.69) is 5.32 Å². The van der Waals surface area contributed by atoms with E-state index >= 15 is 0 Å². The molecule has 0 spiro atoms. The third-order valence-corrected chi connectivity index (χ3v) is 5.39. The third kappa shape index (κ3) is 3.74. The first kappa shape index (κ1) is 21.4. The first-order valence-electron chi connectivity index (χ1n) is 9.15. The van der Waals surface area contributed by atoms with E-state index in [0.717, 1.165) is 17.0 Å². The smallest absolute Gasteiger partial charge is 0.325 e. The van der Waals surface area contributed by atoms with Gasteiger partial charge in [0.15, 0.2) is 11.6 Å². The molecule has 1 N–H and O–H groups in total. The summed E-state index contributed by atoms with van der Waals surface area (Å²) in [5.41, 5.74) is -0.897. The first-order chi connectivity index (χ1) is 14.0. The molecule has 1 heterocycles. The summed E-state index contributed by atoms with van der Waals surface area (Å²) in [5.74, 6) is -3.92. The number of benzene rings is 2. The lowest BCUT2D eigenvalue weighted by molar-refractivity contribution is -0.139. The maximum Gasteiger partial charge on any atom is 0.325 e. The lowest BCUT2D eigenvalue weighted by atomic mass is 9.92. The maximum atomic E-state index is 13.6. The van der Waals surface area contributed by atoms with Crippen molar-refractivity contribution in [1.82, 2.24) is 15.1 Å². The predicted octanol–water partition coefficient (Wildman–Crippen LogP) is 3.09. The van der Waals surface area contributed by atoms with Crippen LogP contribution in [-0.4, -0.2) is 41.2 Å². The minimum atomic E-state index is -1.63. The fraction of sp³-hybridized carbons (Fsp3) is 0.286. The Bertz CT molecular complexity index is 1010. The molecule has 1 fully saturated rings. The minimum Gasteiger partial charge on any atom is -0.337 e. The van der Waals surface area contributed by atoms with Crippen molar-refractivity contribution < 1.29 is 27.6 Å². The van der Waals surface area contributed by atoms with Crippen LogP contribution in [-0.2, 0) is 15.1 Å². The van der Waals surface area contributed by atoms with Crippen LogP contribution in [0.4, 0.5) is 18.0 Å². The van der Waals surface area contributed by atoms with Crippen molar-refractivity contribution in [3.8, 4) is 0 Å². The van der Waals surface area contributed by atoms with E-state index in [-0.39, 0.29) is 5.56 Å². The summed E-state index contributed by atoms with van der Waals surface area (Å²) in [5, 5.41) is 2.44. The number of likely N-dealkylation sites (N-methyl/N-ethyl adjacent to an activating group) is 1. The van der Waals surface area contributed by atoms with Crippen LogP contribution in [0.2, 0.25) is 0 Å². The second-order valence-corrected chi connectivity index (χ2v) is 7.31. The number of amides is 4. The molecule has 158 valence electrons. The molecule has 0 saturated carbocycles. The summed E-state index contributed by atoms with van der Waals surface area (Å²) < 4.78 is 40.0. The van der Waals surface area contributed by atoms with Crippen molar-refractivity contribution in [2.75, 3.05) is 13.6 Å².